The summed E-state index contributed by atoms with van der Waals surface area (Å²) in [6.07, 6.45) is 7.59. The maximum absolute atomic E-state index is 14.1. The summed E-state index contributed by atoms with van der Waals surface area (Å²) in [4.78, 5) is 119. The molecule has 0 aromatic heterocycles. The predicted molar refractivity (Wildman–Crippen MR) is 485 cm³/mol. The van der Waals surface area contributed by atoms with Gasteiger partial charge in [-0.1, -0.05) is 108 Å². The van der Waals surface area contributed by atoms with Crippen molar-refractivity contribution in [2.45, 2.75) is 377 Å². The Morgan fingerprint density at radius 1 is 0.419 bits per heavy atom. The average molecular weight is 1890 g/mol. The number of amides is 4. The molecule has 4 aliphatic rings. The fourth-order valence-electron chi connectivity index (χ4n) is 16.1. The highest BCUT2D eigenvalue weighted by atomic mass is 33.1. The van der Waals surface area contributed by atoms with Gasteiger partial charge in [-0.2, -0.15) is 0 Å². The number of aliphatic hydroxyl groups is 9. The van der Waals surface area contributed by atoms with Gasteiger partial charge < -0.3 is 128 Å². The zero-order valence-electron chi connectivity index (χ0n) is 77.7. The fraction of sp³-hybridized carbons (Fsp3) is 0.902. The lowest BCUT2D eigenvalue weighted by atomic mass is 9.73. The van der Waals surface area contributed by atoms with E-state index >= 15 is 0 Å². The maximum Gasteiger partial charge on any atom is 0.407 e. The Labute approximate surface area is 774 Å². The third-order valence-corrected chi connectivity index (χ3v) is 27.5. The summed E-state index contributed by atoms with van der Waals surface area (Å²) in [6, 6.07) is -0.00759. The molecule has 0 aromatic carbocycles. The van der Waals surface area contributed by atoms with E-state index in [4.69, 9.17) is 61.6 Å². The van der Waals surface area contributed by atoms with Gasteiger partial charge in [0.25, 0.3) is 0 Å². The molecule has 4 amide bonds. The molecule has 752 valence electrons. The molecule has 4 aliphatic heterocycles. The van der Waals surface area contributed by atoms with Crippen LogP contribution in [0.3, 0.4) is 0 Å². The molecule has 129 heavy (non-hydrogen) atoms. The lowest BCUT2D eigenvalue weighted by molar-refractivity contribution is -0.282. The number of esters is 3. The van der Waals surface area contributed by atoms with Crippen molar-refractivity contribution < 1.29 is 151 Å². The zero-order chi connectivity index (χ0) is 93.9. The van der Waals surface area contributed by atoms with E-state index in [0.717, 1.165) is 83.5 Å². The number of likely N-dealkylation sites (tertiary alicyclic amines) is 1. The van der Waals surface area contributed by atoms with Crippen LogP contribution in [0.25, 0.3) is 0 Å². The van der Waals surface area contributed by atoms with Gasteiger partial charge in [0.1, 0.15) is 54.8 Å². The molecule has 4 rings (SSSR count). The van der Waals surface area contributed by atoms with Gasteiger partial charge in [0, 0.05) is 126 Å². The molecule has 0 aromatic rings. The number of unbranched alkanes of at least 4 members (excludes halogenated alkanes) is 13. The molecule has 0 saturated carbocycles. The number of rotatable bonds is 75. The molecule has 4 heterocycles. The molecule has 0 spiro atoms. The van der Waals surface area contributed by atoms with Gasteiger partial charge in [0.05, 0.1) is 116 Å². The van der Waals surface area contributed by atoms with E-state index in [-0.39, 0.29) is 151 Å². The van der Waals surface area contributed by atoms with Gasteiger partial charge in [-0.25, -0.2) is 4.79 Å². The van der Waals surface area contributed by atoms with Gasteiger partial charge in [0.2, 0.25) is 17.7 Å². The summed E-state index contributed by atoms with van der Waals surface area (Å²) >= 11 is 0. The third-order valence-electron chi connectivity index (χ3n) is 24.2. The smallest absolute Gasteiger partial charge is 0.407 e. The Kier molecular flexibility index (Phi) is 64.4. The van der Waals surface area contributed by atoms with E-state index < -0.39 is 129 Å². The summed E-state index contributed by atoms with van der Waals surface area (Å²) in [5.74, 6) is -2.06. The molecule has 12 N–H and O–H groups in total. The number of nitrogens with one attached hydrogen (secondary N) is 3. The van der Waals surface area contributed by atoms with Crippen molar-refractivity contribution in [1.82, 2.24) is 20.9 Å². The van der Waals surface area contributed by atoms with Gasteiger partial charge in [-0.15, -0.1) is 0 Å². The van der Waals surface area contributed by atoms with Crippen molar-refractivity contribution in [1.29, 1.82) is 0 Å². The second kappa shape index (κ2) is 70.1. The minimum absolute atomic E-state index is 0. The van der Waals surface area contributed by atoms with E-state index in [1.54, 1.807) is 56.6 Å². The number of nitrogens with zero attached hydrogens (tertiary/aromatic N) is 1. The van der Waals surface area contributed by atoms with Crippen LogP contribution in [0.1, 0.15) is 286 Å². The number of alkyl carbamates (subject to hydrolysis) is 1. The molecule has 35 nitrogen and oxygen atoms in total. The van der Waals surface area contributed by atoms with Crippen molar-refractivity contribution in [2.75, 3.05) is 132 Å². The lowest BCUT2D eigenvalue weighted by Crippen LogP contribution is -2.55. The van der Waals surface area contributed by atoms with Crippen LogP contribution in [0.5, 0.6) is 0 Å². The minimum atomic E-state index is -1.23. The van der Waals surface area contributed by atoms with Crippen molar-refractivity contribution in [3.8, 4) is 0 Å². The molecule has 0 radical (unpaired) electrons. The van der Waals surface area contributed by atoms with Crippen molar-refractivity contribution in [3.05, 3.63) is 0 Å². The minimum Gasteiger partial charge on any atom is -0.466 e. The topological polar surface area (TPSA) is 495 Å². The van der Waals surface area contributed by atoms with Gasteiger partial charge in [-0.3, -0.25) is 38.4 Å². The highest BCUT2D eigenvalue weighted by Crippen LogP contribution is 2.41. The molecule has 15 unspecified atom stereocenters. The van der Waals surface area contributed by atoms with Crippen LogP contribution in [-0.2, 0) is 99.9 Å². The molecule has 0 aliphatic carbocycles. The number of aliphatic hydroxyl groups excluding tert-OH is 9. The summed E-state index contributed by atoms with van der Waals surface area (Å²) in [7, 11) is 6.60. The molecule has 4 fully saturated rings. The van der Waals surface area contributed by atoms with Gasteiger partial charge >= 0.3 is 24.0 Å². The van der Waals surface area contributed by atoms with Crippen LogP contribution in [0, 0.1) is 23.2 Å². The van der Waals surface area contributed by atoms with Crippen LogP contribution in [-0.4, -0.2) is 327 Å². The molecule has 0 bridgehead atoms. The highest BCUT2D eigenvalue weighted by molar-refractivity contribution is 8.77. The van der Waals surface area contributed by atoms with Crippen molar-refractivity contribution in [3.63, 3.8) is 0 Å². The second-order valence-corrected chi connectivity index (χ2v) is 38.5. The summed E-state index contributed by atoms with van der Waals surface area (Å²) in [5.41, 5.74) is -0.775. The number of methoxy groups -OCH3 is 2. The number of Topliss-reactive ketones (excluding diaryl/α,β-unsaturated/α-hetero) is 2. The second-order valence-electron chi connectivity index (χ2n) is 35.4. The maximum atomic E-state index is 14.1. The first-order chi connectivity index (χ1) is 61.5. The molecule has 17 atom stereocenters. The average Bonchev–Trinajstić information content (AvgIpc) is 1.46. The quantitative estimate of drug-likeness (QED) is 0.0117. The summed E-state index contributed by atoms with van der Waals surface area (Å²) in [6.45, 7) is 11.5. The van der Waals surface area contributed by atoms with E-state index in [1.165, 1.54) is 0 Å². The van der Waals surface area contributed by atoms with Gasteiger partial charge in [0.15, 0.2) is 18.9 Å². The van der Waals surface area contributed by atoms with Crippen LogP contribution >= 0.6 is 21.6 Å². The number of hydrogen-bond acceptors (Lipinski definition) is 33. The highest BCUT2D eigenvalue weighted by Gasteiger charge is 2.46. The molecular weight excluding hydrogens is 1720 g/mol. The number of hydrogen-bond donors (Lipinski definition) is 12. The van der Waals surface area contributed by atoms with E-state index in [2.05, 4.69) is 29.8 Å². The number of carbonyl (C=O) groups excluding carboxylic acids is 9. The summed E-state index contributed by atoms with van der Waals surface area (Å²) in [5, 5.41) is 98.4. The molecule has 4 saturated heterocycles. The fourth-order valence-corrected chi connectivity index (χ4v) is 18.5. The van der Waals surface area contributed by atoms with Crippen LogP contribution in [0.4, 0.5) is 4.79 Å². The SMILES string of the molecule is C.COC[C@H]1C[C@H](OC)CN1C(=O)CCCCC(=O)CCC(C)(C)SSCCOCCOC(=O)CC(CCCOC(=O)CCCCCCCNC(=O)CCCOC1OC(CO)C(O)C(O)C1C)(CCCOC(=O)CCCCCCCNC(=O)CCCOC1OC(CO)C(O)C(O)C1C)CCCOC(=O)NCCCCCCCC(=O)CCCOC1OC(CO)C(O)C(O)C1C. The normalized spacial score (nSPS) is 24.5. The Morgan fingerprint density at radius 3 is 1.27 bits per heavy atom. The number of ketones is 2. The number of ether oxygens (including phenoxy) is 13. The first kappa shape index (κ1) is 119. The van der Waals surface area contributed by atoms with E-state index in [1.807, 2.05) is 4.90 Å². The Balaban J connectivity index is 0.0000429. The summed E-state index contributed by atoms with van der Waals surface area (Å²) < 4.78 is 73.6. The van der Waals surface area contributed by atoms with Crippen molar-refractivity contribution in [2.24, 2.45) is 23.2 Å². The van der Waals surface area contributed by atoms with Gasteiger partial charge in [-0.05, 0) is 141 Å². The Bertz CT molecular complexity index is 2820. The van der Waals surface area contributed by atoms with Crippen LogP contribution < -0.4 is 16.0 Å². The monoisotopic (exact) mass is 1890 g/mol. The predicted octanol–water partition coefficient (Wildman–Crippen LogP) is 8.48. The van der Waals surface area contributed by atoms with E-state index in [0.29, 0.717) is 174 Å². The molecular formula is C92H166N4O31S2. The Hall–Kier alpha value is -4.59. The first-order valence-corrected chi connectivity index (χ1v) is 49.7. The van der Waals surface area contributed by atoms with E-state index in [9.17, 15) is 89.1 Å². The Morgan fingerprint density at radius 2 is 0.814 bits per heavy atom. The first-order valence-electron chi connectivity index (χ1n) is 47.4. The molecule has 37 heteroatoms. The standard InChI is InChI=1S/C91H162N4O31S2.CH4/c1-64-80(107)83(110)71(60-96)124-86(64)120-47-25-33-68(99)31-17-11-8-16-24-46-94-89(113)123-52-30-42-91(40-28-50-117-77(104)37-18-12-9-14-22-44-92-74(101)34-26-48-121-87-65(2)81(108)84(111)72(61-97)125-87,41-29-51-118-78(105)38-19-13-10-15-23-45-93-75(102)35-27-49-122-88-66(3)82(109)85(112)73(62-98)126-88)58-79(106)119-54-53-116-55-56-127-128-90(4,5)43-39-69(100)32-20-21-36-76(103)95-59-70(115-7)57-67(95)63-114-6;/h64-67,70-73,80-88,96-98,107-112H,8-63H2,1-7H3,(H,92,101)(H,93,102)(H,94,113);1H4/t64?,65?,66?,67-,70+,71?,72?,73?,80?,81?,82?,83?,84?,85?,86?,87?,88?,91?;/m1./s1. The zero-order valence-corrected chi connectivity index (χ0v) is 79.3. The van der Waals surface area contributed by atoms with Crippen LogP contribution in [0.2, 0.25) is 0 Å². The number of carbonyl (C=O) groups is 9. The largest absolute Gasteiger partial charge is 0.466 e. The van der Waals surface area contributed by atoms with Crippen molar-refractivity contribution >= 4 is 74.9 Å². The lowest BCUT2D eigenvalue weighted by Gasteiger charge is -2.40. The van der Waals surface area contributed by atoms with Crippen LogP contribution in [0.15, 0.2) is 0 Å². The third kappa shape index (κ3) is 50.2.